The van der Waals surface area contributed by atoms with E-state index in [1.165, 1.54) is 4.68 Å². The van der Waals surface area contributed by atoms with Crippen LogP contribution in [0.2, 0.25) is 0 Å². The van der Waals surface area contributed by atoms with E-state index < -0.39 is 10.0 Å². The Morgan fingerprint density at radius 1 is 1.37 bits per heavy atom. The molecule has 0 aliphatic carbocycles. The minimum atomic E-state index is -3.57. The maximum Gasteiger partial charge on any atom is 0.260 e. The summed E-state index contributed by atoms with van der Waals surface area (Å²) in [5.74, 6) is 0. The molecule has 1 aromatic rings. The quantitative estimate of drug-likeness (QED) is 0.691. The predicted molar refractivity (Wildman–Crippen MR) is 76.3 cm³/mol. The van der Waals surface area contributed by atoms with Crippen LogP contribution in [0.15, 0.2) is 9.63 Å². The van der Waals surface area contributed by atoms with Gasteiger partial charge in [-0.15, -0.1) is 5.10 Å². The van der Waals surface area contributed by atoms with E-state index in [4.69, 9.17) is 0 Å². The summed E-state index contributed by atoms with van der Waals surface area (Å²) in [6.07, 6.45) is 0.768. The van der Waals surface area contributed by atoms with Gasteiger partial charge in [-0.1, -0.05) is 19.1 Å². The summed E-state index contributed by atoms with van der Waals surface area (Å²) >= 11 is 3.09. The molecule has 1 rings (SSSR count). The van der Waals surface area contributed by atoms with Gasteiger partial charge in [0.2, 0.25) is 5.03 Å². The molecule has 0 atom stereocenters. The summed E-state index contributed by atoms with van der Waals surface area (Å²) in [7, 11) is -2.02. The number of nitrogens with one attached hydrogen (secondary N) is 1. The molecule has 9 heteroatoms. The summed E-state index contributed by atoms with van der Waals surface area (Å²) < 4.78 is 28.1. The molecule has 1 heterocycles. The standard InChI is InChI=1S/C10H20BrN5O2S/c1-4-16(5-2)8-6-7-12-19(17,18)10-9(11)13-14-15(10)3/h12H,4-8H2,1-3H3. The highest BCUT2D eigenvalue weighted by Gasteiger charge is 2.23. The molecule has 1 N–H and O–H groups in total. The zero-order chi connectivity index (χ0) is 14.5. The zero-order valence-electron chi connectivity index (χ0n) is 11.4. The van der Waals surface area contributed by atoms with Crippen LogP contribution < -0.4 is 4.72 Å². The van der Waals surface area contributed by atoms with Crippen molar-refractivity contribution in [3.63, 3.8) is 0 Å². The average molecular weight is 354 g/mol. The lowest BCUT2D eigenvalue weighted by Gasteiger charge is -2.17. The van der Waals surface area contributed by atoms with Gasteiger partial charge in [-0.3, -0.25) is 0 Å². The maximum atomic E-state index is 12.1. The number of sulfonamides is 1. The Hall–Kier alpha value is -0.510. The first-order valence-corrected chi connectivity index (χ1v) is 8.47. The zero-order valence-corrected chi connectivity index (χ0v) is 13.8. The minimum Gasteiger partial charge on any atom is -0.304 e. The second-order valence-electron chi connectivity index (χ2n) is 4.09. The number of nitrogens with zero attached hydrogens (tertiary/aromatic N) is 4. The van der Waals surface area contributed by atoms with E-state index in [2.05, 4.69) is 49.7 Å². The van der Waals surface area contributed by atoms with Crippen molar-refractivity contribution in [1.29, 1.82) is 0 Å². The molecule has 7 nitrogen and oxygen atoms in total. The van der Waals surface area contributed by atoms with E-state index >= 15 is 0 Å². The van der Waals surface area contributed by atoms with Gasteiger partial charge < -0.3 is 4.90 Å². The Kier molecular flexibility index (Phi) is 6.37. The number of rotatable bonds is 8. The van der Waals surface area contributed by atoms with Crippen LogP contribution in [-0.4, -0.2) is 54.5 Å². The molecule has 0 bridgehead atoms. The van der Waals surface area contributed by atoms with E-state index in [0.29, 0.717) is 6.54 Å². The van der Waals surface area contributed by atoms with E-state index in [1.807, 2.05) is 0 Å². The smallest absolute Gasteiger partial charge is 0.260 e. The molecule has 110 valence electrons. The summed E-state index contributed by atoms with van der Waals surface area (Å²) in [6.45, 7) is 7.40. The highest BCUT2D eigenvalue weighted by molar-refractivity contribution is 9.10. The van der Waals surface area contributed by atoms with Gasteiger partial charge in [-0.25, -0.2) is 17.8 Å². The molecule has 0 amide bonds. The molecule has 0 saturated heterocycles. The van der Waals surface area contributed by atoms with Crippen molar-refractivity contribution in [3.8, 4) is 0 Å². The van der Waals surface area contributed by atoms with Crippen LogP contribution in [0.25, 0.3) is 0 Å². The largest absolute Gasteiger partial charge is 0.304 e. The first-order valence-electron chi connectivity index (χ1n) is 6.19. The van der Waals surface area contributed by atoms with Crippen molar-refractivity contribution in [2.75, 3.05) is 26.2 Å². The molecule has 1 aromatic heterocycles. The van der Waals surface area contributed by atoms with Crippen LogP contribution >= 0.6 is 15.9 Å². The molecular weight excluding hydrogens is 334 g/mol. The lowest BCUT2D eigenvalue weighted by atomic mass is 10.4. The molecule has 0 spiro atoms. The van der Waals surface area contributed by atoms with Crippen LogP contribution in [0.5, 0.6) is 0 Å². The third kappa shape index (κ3) is 4.51. The fourth-order valence-corrected chi connectivity index (χ4v) is 3.89. The fraction of sp³-hybridized carbons (Fsp3) is 0.800. The molecule has 0 aliphatic rings. The van der Waals surface area contributed by atoms with Gasteiger partial charge in [-0.2, -0.15) is 0 Å². The Bertz CT molecular complexity index is 479. The molecule has 19 heavy (non-hydrogen) atoms. The topological polar surface area (TPSA) is 80.1 Å². The monoisotopic (exact) mass is 353 g/mol. The van der Waals surface area contributed by atoms with E-state index in [-0.39, 0.29) is 9.63 Å². The van der Waals surface area contributed by atoms with Crippen molar-refractivity contribution in [2.45, 2.75) is 25.3 Å². The summed E-state index contributed by atoms with van der Waals surface area (Å²) in [5.41, 5.74) is 0. The van der Waals surface area contributed by atoms with Gasteiger partial charge in [0.1, 0.15) is 0 Å². The fourth-order valence-electron chi connectivity index (χ4n) is 1.73. The Labute approximate surface area is 122 Å². The minimum absolute atomic E-state index is 0.0512. The van der Waals surface area contributed by atoms with Gasteiger partial charge in [0.15, 0.2) is 4.60 Å². The number of hydrogen-bond acceptors (Lipinski definition) is 5. The molecule has 0 aliphatic heterocycles. The first-order chi connectivity index (χ1) is 8.92. The Balaban J connectivity index is 2.53. The highest BCUT2D eigenvalue weighted by atomic mass is 79.9. The molecule has 0 aromatic carbocycles. The van der Waals surface area contributed by atoms with Gasteiger partial charge in [0.25, 0.3) is 10.0 Å². The SMILES string of the molecule is CCN(CC)CCCNS(=O)(=O)c1c(Br)nnn1C. The van der Waals surface area contributed by atoms with Crippen molar-refractivity contribution in [1.82, 2.24) is 24.6 Å². The van der Waals surface area contributed by atoms with E-state index in [0.717, 1.165) is 26.1 Å². The number of aromatic nitrogens is 3. The Morgan fingerprint density at radius 2 is 2.00 bits per heavy atom. The second kappa shape index (κ2) is 7.32. The van der Waals surface area contributed by atoms with E-state index in [1.54, 1.807) is 7.05 Å². The molecule has 0 unspecified atom stereocenters. The van der Waals surface area contributed by atoms with Crippen LogP contribution in [0.3, 0.4) is 0 Å². The van der Waals surface area contributed by atoms with E-state index in [9.17, 15) is 8.42 Å². The predicted octanol–water partition coefficient (Wildman–Crippen LogP) is 0.588. The molecule has 0 saturated carbocycles. The summed E-state index contributed by atoms with van der Waals surface area (Å²) in [6, 6.07) is 0. The molecule has 0 radical (unpaired) electrons. The summed E-state index contributed by atoms with van der Waals surface area (Å²) in [4.78, 5) is 2.25. The van der Waals surface area contributed by atoms with Crippen LogP contribution in [0.4, 0.5) is 0 Å². The second-order valence-corrected chi connectivity index (χ2v) is 6.52. The van der Waals surface area contributed by atoms with Crippen molar-refractivity contribution in [3.05, 3.63) is 4.60 Å². The van der Waals surface area contributed by atoms with Crippen molar-refractivity contribution in [2.24, 2.45) is 7.05 Å². The van der Waals surface area contributed by atoms with Crippen molar-refractivity contribution < 1.29 is 8.42 Å². The molecule has 0 fully saturated rings. The highest BCUT2D eigenvalue weighted by Crippen LogP contribution is 2.17. The van der Waals surface area contributed by atoms with Crippen LogP contribution in [0.1, 0.15) is 20.3 Å². The third-order valence-electron chi connectivity index (χ3n) is 2.83. The van der Waals surface area contributed by atoms with Crippen molar-refractivity contribution >= 4 is 26.0 Å². The van der Waals surface area contributed by atoms with Gasteiger partial charge >= 0.3 is 0 Å². The third-order valence-corrected chi connectivity index (χ3v) is 5.18. The maximum absolute atomic E-state index is 12.1. The number of hydrogen-bond donors (Lipinski definition) is 1. The first kappa shape index (κ1) is 16.5. The lowest BCUT2D eigenvalue weighted by Crippen LogP contribution is -2.31. The Morgan fingerprint density at radius 3 is 2.47 bits per heavy atom. The lowest BCUT2D eigenvalue weighted by molar-refractivity contribution is 0.300. The van der Waals surface area contributed by atoms with Gasteiger partial charge in [0, 0.05) is 13.6 Å². The van der Waals surface area contributed by atoms with Crippen LogP contribution in [-0.2, 0) is 17.1 Å². The van der Waals surface area contributed by atoms with Gasteiger partial charge in [-0.05, 0) is 42.0 Å². The number of halogens is 1. The number of aryl methyl sites for hydroxylation is 1. The van der Waals surface area contributed by atoms with Crippen LogP contribution in [0, 0.1) is 0 Å². The van der Waals surface area contributed by atoms with Gasteiger partial charge in [0.05, 0.1) is 0 Å². The normalized spacial score (nSPS) is 12.3. The average Bonchev–Trinajstić information content (AvgIpc) is 2.70. The summed E-state index contributed by atoms with van der Waals surface area (Å²) in [5, 5.41) is 7.38. The molecular formula is C10H20BrN5O2S.